The van der Waals surface area contributed by atoms with Gasteiger partial charge in [-0.2, -0.15) is 8.78 Å². The fourth-order valence-electron chi connectivity index (χ4n) is 2.65. The van der Waals surface area contributed by atoms with E-state index < -0.39 is 18.3 Å². The van der Waals surface area contributed by atoms with Gasteiger partial charge < -0.3 is 9.67 Å². The highest BCUT2D eigenvalue weighted by Crippen LogP contribution is 2.28. The van der Waals surface area contributed by atoms with Crippen LogP contribution in [0.1, 0.15) is 5.56 Å². The number of hydrogen-bond acceptors (Lipinski definition) is 2. The number of hydrogen-bond donors (Lipinski definition) is 1. The summed E-state index contributed by atoms with van der Waals surface area (Å²) in [5.74, 6) is -6.10. The number of fused-ring (bicyclic) bond motifs is 2. The first kappa shape index (κ1) is 14.2. The molecule has 0 radical (unpaired) electrons. The van der Waals surface area contributed by atoms with Crippen molar-refractivity contribution in [1.82, 2.24) is 8.97 Å². The van der Waals surface area contributed by atoms with Gasteiger partial charge in [0.15, 0.2) is 0 Å². The molecule has 0 aliphatic carbocycles. The minimum Gasteiger partial charge on any atom is -0.477 e. The molecule has 0 bridgehead atoms. The fourth-order valence-corrected chi connectivity index (χ4v) is 2.65. The molecule has 3 rings (SSSR count). The van der Waals surface area contributed by atoms with Crippen molar-refractivity contribution in [2.75, 3.05) is 0 Å². The number of nitrogens with zero attached hydrogens (tertiary/aromatic N) is 2. The molecule has 5 nitrogen and oxygen atoms in total. The standard InChI is InChI=1S/C15H12F2N2O3/c1-18-6-7-19-12(18)11(8-15(16,17)14(21)22)9-4-2-3-5-10(9)13(19)20/h2-7H,8H2,1H3,(H,21,22). The van der Waals surface area contributed by atoms with E-state index in [2.05, 4.69) is 0 Å². The van der Waals surface area contributed by atoms with Crippen molar-refractivity contribution < 1.29 is 18.7 Å². The summed E-state index contributed by atoms with van der Waals surface area (Å²) in [6.45, 7) is 0. The lowest BCUT2D eigenvalue weighted by molar-refractivity contribution is -0.164. The highest BCUT2D eigenvalue weighted by atomic mass is 19.3. The van der Waals surface area contributed by atoms with Gasteiger partial charge in [0.1, 0.15) is 5.65 Å². The maximum absolute atomic E-state index is 13.7. The van der Waals surface area contributed by atoms with E-state index in [4.69, 9.17) is 5.11 Å². The van der Waals surface area contributed by atoms with Crippen molar-refractivity contribution in [3.8, 4) is 0 Å². The van der Waals surface area contributed by atoms with Gasteiger partial charge in [0.05, 0.1) is 6.42 Å². The van der Waals surface area contributed by atoms with E-state index in [1.165, 1.54) is 15.2 Å². The Bertz CT molecular complexity index is 956. The van der Waals surface area contributed by atoms with Gasteiger partial charge in [-0.25, -0.2) is 4.79 Å². The van der Waals surface area contributed by atoms with Gasteiger partial charge >= 0.3 is 11.9 Å². The minimum atomic E-state index is -3.91. The lowest BCUT2D eigenvalue weighted by atomic mass is 10.0. The predicted molar refractivity (Wildman–Crippen MR) is 76.4 cm³/mol. The Morgan fingerprint density at radius 3 is 2.50 bits per heavy atom. The van der Waals surface area contributed by atoms with E-state index in [9.17, 15) is 18.4 Å². The molecule has 0 atom stereocenters. The third-order valence-electron chi connectivity index (χ3n) is 3.68. The highest BCUT2D eigenvalue weighted by Gasteiger charge is 2.40. The number of benzene rings is 1. The molecule has 0 saturated carbocycles. The molecule has 7 heteroatoms. The second-order valence-corrected chi connectivity index (χ2v) is 5.12. The maximum atomic E-state index is 13.7. The van der Waals surface area contributed by atoms with Crippen LogP contribution >= 0.6 is 0 Å². The van der Waals surface area contributed by atoms with Crippen LogP contribution in [-0.2, 0) is 18.3 Å². The average molecular weight is 306 g/mol. The number of aliphatic carboxylic acids is 1. The molecular weight excluding hydrogens is 294 g/mol. The van der Waals surface area contributed by atoms with Gasteiger partial charge in [0.2, 0.25) is 0 Å². The Labute approximate surface area is 123 Å². The molecule has 3 aromatic rings. The van der Waals surface area contributed by atoms with Gasteiger partial charge in [-0.15, -0.1) is 0 Å². The van der Waals surface area contributed by atoms with E-state index in [-0.39, 0.29) is 22.2 Å². The molecule has 2 aromatic heterocycles. The van der Waals surface area contributed by atoms with Crippen LogP contribution in [0.15, 0.2) is 41.5 Å². The Hall–Kier alpha value is -2.70. The van der Waals surface area contributed by atoms with Gasteiger partial charge in [-0.05, 0) is 11.5 Å². The highest BCUT2D eigenvalue weighted by molar-refractivity contribution is 5.90. The first-order chi connectivity index (χ1) is 10.3. The quantitative estimate of drug-likeness (QED) is 0.805. The summed E-state index contributed by atoms with van der Waals surface area (Å²) in [6, 6.07) is 6.36. The molecule has 2 heterocycles. The molecule has 0 aliphatic rings. The number of alkyl halides is 2. The number of halogens is 2. The summed E-state index contributed by atoms with van der Waals surface area (Å²) in [5, 5.41) is 9.32. The predicted octanol–water partition coefficient (Wildman–Crippen LogP) is 2.05. The second-order valence-electron chi connectivity index (χ2n) is 5.12. The smallest absolute Gasteiger partial charge is 0.374 e. The number of pyridine rings is 1. The molecule has 0 saturated heterocycles. The Kier molecular flexibility index (Phi) is 3.01. The summed E-state index contributed by atoms with van der Waals surface area (Å²) in [5.41, 5.74) is 0.0771. The fraction of sp³-hybridized carbons (Fsp3) is 0.200. The summed E-state index contributed by atoms with van der Waals surface area (Å²) in [4.78, 5) is 23.2. The van der Waals surface area contributed by atoms with Gasteiger partial charge in [-0.3, -0.25) is 9.20 Å². The second kappa shape index (κ2) is 4.66. The van der Waals surface area contributed by atoms with Crippen LogP contribution in [0.4, 0.5) is 8.78 Å². The third-order valence-corrected chi connectivity index (χ3v) is 3.68. The maximum Gasteiger partial charge on any atom is 0.374 e. The van der Waals surface area contributed by atoms with Crippen LogP contribution in [-0.4, -0.2) is 26.0 Å². The van der Waals surface area contributed by atoms with Crippen molar-refractivity contribution in [3.63, 3.8) is 0 Å². The number of rotatable bonds is 3. The number of carboxylic acid groups (broad SMARTS) is 1. The van der Waals surface area contributed by atoms with E-state index in [1.54, 1.807) is 37.5 Å². The zero-order valence-corrected chi connectivity index (χ0v) is 11.6. The van der Waals surface area contributed by atoms with Crippen molar-refractivity contribution in [1.29, 1.82) is 0 Å². The number of carboxylic acids is 1. The lowest BCUT2D eigenvalue weighted by Crippen LogP contribution is -2.31. The first-order valence-corrected chi connectivity index (χ1v) is 6.51. The molecule has 22 heavy (non-hydrogen) atoms. The number of carbonyl (C=O) groups is 1. The van der Waals surface area contributed by atoms with Gasteiger partial charge in [-0.1, -0.05) is 18.2 Å². The first-order valence-electron chi connectivity index (χ1n) is 6.51. The van der Waals surface area contributed by atoms with Crippen molar-refractivity contribution in [3.05, 3.63) is 52.6 Å². The van der Waals surface area contributed by atoms with Crippen LogP contribution in [0, 0.1) is 0 Å². The summed E-state index contributed by atoms with van der Waals surface area (Å²) in [6.07, 6.45) is 2.06. The number of imidazole rings is 1. The zero-order chi connectivity index (χ0) is 16.1. The van der Waals surface area contributed by atoms with E-state index in [1.807, 2.05) is 0 Å². The Balaban J connectivity index is 2.44. The lowest BCUT2D eigenvalue weighted by Gasteiger charge is -2.15. The van der Waals surface area contributed by atoms with E-state index in [0.29, 0.717) is 5.39 Å². The van der Waals surface area contributed by atoms with Crippen LogP contribution in [0.25, 0.3) is 16.4 Å². The normalized spacial score (nSPS) is 12.1. The summed E-state index contributed by atoms with van der Waals surface area (Å²) >= 11 is 0. The van der Waals surface area contributed by atoms with Gasteiger partial charge in [0.25, 0.3) is 5.56 Å². The van der Waals surface area contributed by atoms with Gasteiger partial charge in [0, 0.05) is 30.4 Å². The van der Waals surface area contributed by atoms with E-state index >= 15 is 0 Å². The molecule has 0 spiro atoms. The van der Waals surface area contributed by atoms with Crippen LogP contribution in [0.5, 0.6) is 0 Å². The average Bonchev–Trinajstić information content (AvgIpc) is 2.85. The third kappa shape index (κ3) is 1.97. The molecule has 1 aromatic carbocycles. The molecular formula is C15H12F2N2O3. The molecule has 0 unspecified atom stereocenters. The molecule has 0 aliphatic heterocycles. The largest absolute Gasteiger partial charge is 0.477 e. The number of aryl methyl sites for hydroxylation is 1. The SMILES string of the molecule is Cn1ccn2c(=O)c3ccccc3c(CC(F)(F)C(=O)O)c12. The topological polar surface area (TPSA) is 63.7 Å². The molecule has 0 amide bonds. The zero-order valence-electron chi connectivity index (χ0n) is 11.6. The van der Waals surface area contributed by atoms with Crippen molar-refractivity contribution in [2.45, 2.75) is 12.3 Å². The minimum absolute atomic E-state index is 0.134. The van der Waals surface area contributed by atoms with Crippen molar-refractivity contribution >= 4 is 22.4 Å². The molecule has 0 fully saturated rings. The molecule has 114 valence electrons. The van der Waals surface area contributed by atoms with Crippen LogP contribution in [0.3, 0.4) is 0 Å². The van der Waals surface area contributed by atoms with Crippen molar-refractivity contribution in [2.24, 2.45) is 7.05 Å². The van der Waals surface area contributed by atoms with Crippen LogP contribution in [0.2, 0.25) is 0 Å². The van der Waals surface area contributed by atoms with Crippen LogP contribution < -0.4 is 5.56 Å². The Morgan fingerprint density at radius 2 is 1.86 bits per heavy atom. The van der Waals surface area contributed by atoms with E-state index in [0.717, 1.165) is 0 Å². The summed E-state index contributed by atoms with van der Waals surface area (Å²) in [7, 11) is 1.62. The molecule has 1 N–H and O–H groups in total. The number of aromatic nitrogens is 2. The Morgan fingerprint density at radius 1 is 1.23 bits per heavy atom. The summed E-state index contributed by atoms with van der Waals surface area (Å²) < 4.78 is 30.2. The monoisotopic (exact) mass is 306 g/mol.